The van der Waals surface area contributed by atoms with E-state index in [0.29, 0.717) is 23.5 Å². The van der Waals surface area contributed by atoms with Crippen molar-refractivity contribution < 1.29 is 13.9 Å². The van der Waals surface area contributed by atoms with Crippen LogP contribution in [0.5, 0.6) is 5.75 Å². The van der Waals surface area contributed by atoms with E-state index in [1.54, 1.807) is 6.07 Å². The van der Waals surface area contributed by atoms with Gasteiger partial charge < -0.3 is 9.47 Å². The molecule has 0 aromatic heterocycles. The molecule has 1 aliphatic rings. The first kappa shape index (κ1) is 19.0. The number of fused-ring (bicyclic) bond motifs is 3. The molecule has 0 radical (unpaired) electrons. The number of rotatable bonds is 4. The van der Waals surface area contributed by atoms with Crippen LogP contribution in [0, 0.1) is 17.1 Å². The lowest BCUT2D eigenvalue weighted by atomic mass is 9.82. The summed E-state index contributed by atoms with van der Waals surface area (Å²) in [5.41, 5.74) is 1.77. The van der Waals surface area contributed by atoms with Gasteiger partial charge in [0.1, 0.15) is 23.2 Å². The van der Waals surface area contributed by atoms with Crippen molar-refractivity contribution in [3.63, 3.8) is 0 Å². The molecular formula is C23H16ClFN2O2. The first-order valence-electron chi connectivity index (χ1n) is 9.07. The molecule has 0 spiro atoms. The van der Waals surface area contributed by atoms with Gasteiger partial charge in [-0.2, -0.15) is 10.3 Å². The molecule has 4 nitrogen and oxygen atoms in total. The van der Waals surface area contributed by atoms with E-state index in [4.69, 9.17) is 21.1 Å². The molecule has 0 saturated heterocycles. The summed E-state index contributed by atoms with van der Waals surface area (Å²) in [7, 11) is 0. The zero-order valence-electron chi connectivity index (χ0n) is 15.5. The number of nitrogens with zero attached hydrogens (tertiary/aromatic N) is 2. The number of hydrogen-bond donors (Lipinski definition) is 0. The maximum Gasteiger partial charge on any atom is 0.236 e. The Kier molecular flexibility index (Phi) is 5.20. The third-order valence-electron chi connectivity index (χ3n) is 4.75. The molecule has 0 amide bonds. The van der Waals surface area contributed by atoms with Gasteiger partial charge in [-0.1, -0.05) is 54.1 Å². The topological polar surface area (TPSA) is 54.6 Å². The summed E-state index contributed by atoms with van der Waals surface area (Å²) in [5, 5.41) is 11.8. The molecule has 0 N–H and O–H groups in total. The fourth-order valence-corrected chi connectivity index (χ4v) is 3.63. The molecule has 29 heavy (non-hydrogen) atoms. The summed E-state index contributed by atoms with van der Waals surface area (Å²) in [6.07, 6.45) is 1.26. The van der Waals surface area contributed by atoms with E-state index in [1.165, 1.54) is 18.5 Å². The van der Waals surface area contributed by atoms with Gasteiger partial charge in [-0.15, -0.1) is 0 Å². The second kappa shape index (κ2) is 7.94. The Hall–Kier alpha value is -3.36. The van der Waals surface area contributed by atoms with Gasteiger partial charge in [0.2, 0.25) is 5.88 Å². The zero-order chi connectivity index (χ0) is 20.4. The van der Waals surface area contributed by atoms with Crippen molar-refractivity contribution in [1.82, 2.24) is 0 Å². The summed E-state index contributed by atoms with van der Waals surface area (Å²) >= 11 is 6.03. The largest absolute Gasteiger partial charge is 0.483 e. The molecule has 1 heterocycles. The highest BCUT2D eigenvalue weighted by Gasteiger charge is 2.33. The number of allylic oxidation sites excluding steroid dienone is 1. The molecule has 1 atom stereocenters. The monoisotopic (exact) mass is 406 g/mol. The molecule has 6 heteroatoms. The Morgan fingerprint density at radius 1 is 1.24 bits per heavy atom. The van der Waals surface area contributed by atoms with E-state index in [-0.39, 0.29) is 10.9 Å². The van der Waals surface area contributed by atoms with Crippen LogP contribution in [-0.2, 0) is 4.74 Å². The standard InChI is InChI=1S/C23H16ClFN2O2/c1-2-28-13-27-23-18(12-26)21(15-8-10-20(25)19(24)11-15)17-9-7-14-5-3-4-6-16(14)22(17)29-23/h3-11,13,21H,2H2,1H3. The van der Waals surface area contributed by atoms with E-state index < -0.39 is 11.7 Å². The molecule has 1 unspecified atom stereocenters. The SMILES string of the molecule is CCOC=NC1=C(C#N)C(c2ccc(F)c(Cl)c2)c2ccc3ccccc3c2O1. The third kappa shape index (κ3) is 3.43. The lowest BCUT2D eigenvalue weighted by molar-refractivity contribution is 0.336. The molecular weight excluding hydrogens is 391 g/mol. The first-order chi connectivity index (χ1) is 14.1. The second-order valence-corrected chi connectivity index (χ2v) is 6.84. The molecule has 0 fully saturated rings. The van der Waals surface area contributed by atoms with Crippen LogP contribution in [0.1, 0.15) is 24.0 Å². The van der Waals surface area contributed by atoms with Crippen LogP contribution in [0.15, 0.2) is 71.0 Å². The van der Waals surface area contributed by atoms with Crippen molar-refractivity contribution in [1.29, 1.82) is 5.26 Å². The lowest BCUT2D eigenvalue weighted by Crippen LogP contribution is -2.16. The van der Waals surface area contributed by atoms with Crippen molar-refractivity contribution in [2.45, 2.75) is 12.8 Å². The average molecular weight is 407 g/mol. The van der Waals surface area contributed by atoms with Crippen LogP contribution in [0.25, 0.3) is 10.8 Å². The van der Waals surface area contributed by atoms with Crippen LogP contribution in [-0.4, -0.2) is 13.0 Å². The number of halogens is 2. The van der Waals surface area contributed by atoms with E-state index in [9.17, 15) is 9.65 Å². The molecule has 4 rings (SSSR count). The van der Waals surface area contributed by atoms with E-state index in [0.717, 1.165) is 16.3 Å². The summed E-state index contributed by atoms with van der Waals surface area (Å²) in [6, 6.07) is 18.3. The van der Waals surface area contributed by atoms with Crippen molar-refractivity contribution in [2.24, 2.45) is 4.99 Å². The highest BCUT2D eigenvalue weighted by atomic mass is 35.5. The van der Waals surface area contributed by atoms with E-state index in [2.05, 4.69) is 11.1 Å². The van der Waals surface area contributed by atoms with Crippen LogP contribution in [0.3, 0.4) is 0 Å². The number of aliphatic imine (C=N–C) groups is 1. The van der Waals surface area contributed by atoms with Crippen molar-refractivity contribution in [3.8, 4) is 11.8 Å². The molecule has 0 aliphatic carbocycles. The number of nitriles is 1. The minimum absolute atomic E-state index is 0.00649. The maximum atomic E-state index is 13.8. The van der Waals surface area contributed by atoms with Crippen LogP contribution < -0.4 is 4.74 Å². The normalized spacial score (nSPS) is 15.9. The van der Waals surface area contributed by atoms with Crippen LogP contribution in [0.2, 0.25) is 5.02 Å². The molecule has 3 aromatic carbocycles. The highest BCUT2D eigenvalue weighted by Crippen LogP contribution is 2.46. The lowest BCUT2D eigenvalue weighted by Gasteiger charge is -2.27. The minimum atomic E-state index is -0.515. The number of hydrogen-bond acceptors (Lipinski definition) is 4. The van der Waals surface area contributed by atoms with Crippen molar-refractivity contribution in [3.05, 3.63) is 88.0 Å². The Balaban J connectivity index is 1.98. The molecule has 0 saturated carbocycles. The molecule has 3 aromatic rings. The van der Waals surface area contributed by atoms with Gasteiger partial charge in [0.05, 0.1) is 17.5 Å². The van der Waals surface area contributed by atoms with Gasteiger partial charge in [0.15, 0.2) is 6.40 Å². The zero-order valence-corrected chi connectivity index (χ0v) is 16.3. The summed E-state index contributed by atoms with van der Waals surface area (Å²) in [4.78, 5) is 4.23. The average Bonchev–Trinajstić information content (AvgIpc) is 2.74. The van der Waals surface area contributed by atoms with Gasteiger partial charge in [-0.25, -0.2) is 4.39 Å². The third-order valence-corrected chi connectivity index (χ3v) is 5.04. The fraction of sp³-hybridized carbons (Fsp3) is 0.130. The summed E-state index contributed by atoms with van der Waals surface area (Å²) in [6.45, 7) is 2.27. The predicted octanol–water partition coefficient (Wildman–Crippen LogP) is 5.96. The Morgan fingerprint density at radius 3 is 2.83 bits per heavy atom. The number of ether oxygens (including phenoxy) is 2. The van der Waals surface area contributed by atoms with E-state index in [1.807, 2.05) is 43.3 Å². The fourth-order valence-electron chi connectivity index (χ4n) is 3.44. The summed E-state index contributed by atoms with van der Waals surface area (Å²) in [5.74, 6) is -0.259. The van der Waals surface area contributed by atoms with Gasteiger partial charge in [-0.3, -0.25) is 0 Å². The van der Waals surface area contributed by atoms with Crippen molar-refractivity contribution >= 4 is 28.8 Å². The predicted molar refractivity (Wildman–Crippen MR) is 111 cm³/mol. The van der Waals surface area contributed by atoms with Gasteiger partial charge in [0, 0.05) is 10.9 Å². The van der Waals surface area contributed by atoms with Crippen molar-refractivity contribution in [2.75, 3.05) is 6.61 Å². The van der Waals surface area contributed by atoms with Crippen LogP contribution >= 0.6 is 11.6 Å². The molecule has 0 bridgehead atoms. The smallest absolute Gasteiger partial charge is 0.236 e. The van der Waals surface area contributed by atoms with E-state index >= 15 is 0 Å². The Labute approximate surface area is 172 Å². The first-order valence-corrected chi connectivity index (χ1v) is 9.44. The van der Waals surface area contributed by atoms with Gasteiger partial charge in [0.25, 0.3) is 0 Å². The van der Waals surface area contributed by atoms with Crippen LogP contribution in [0.4, 0.5) is 4.39 Å². The molecule has 1 aliphatic heterocycles. The van der Waals surface area contributed by atoms with Gasteiger partial charge in [-0.05, 0) is 30.0 Å². The minimum Gasteiger partial charge on any atom is -0.483 e. The Morgan fingerprint density at radius 2 is 2.07 bits per heavy atom. The van der Waals surface area contributed by atoms with Gasteiger partial charge >= 0.3 is 0 Å². The summed E-state index contributed by atoms with van der Waals surface area (Å²) < 4.78 is 25.0. The number of benzene rings is 3. The molecule has 144 valence electrons. The second-order valence-electron chi connectivity index (χ2n) is 6.43. The highest BCUT2D eigenvalue weighted by molar-refractivity contribution is 6.30. The maximum absolute atomic E-state index is 13.8. The quantitative estimate of drug-likeness (QED) is 0.397. The Bertz CT molecular complexity index is 1200.